The van der Waals surface area contributed by atoms with Crippen LogP contribution in [-0.4, -0.2) is 7.11 Å². The molecule has 0 N–H and O–H groups in total. The second-order valence-corrected chi connectivity index (χ2v) is 4.68. The predicted molar refractivity (Wildman–Crippen MR) is 67.8 cm³/mol. The van der Waals surface area contributed by atoms with Gasteiger partial charge < -0.3 is 4.74 Å². The number of halogens is 2. The van der Waals surface area contributed by atoms with Crippen LogP contribution in [0, 0.1) is 7.14 Å². The smallest absolute Gasteiger partial charge is 0.120 e. The first kappa shape index (κ1) is 10.6. The van der Waals surface area contributed by atoms with Gasteiger partial charge in [0.05, 0.1) is 7.11 Å². The Morgan fingerprint density at radius 2 is 2.00 bits per heavy atom. The summed E-state index contributed by atoms with van der Waals surface area (Å²) >= 11 is 4.71. The molecule has 3 heteroatoms. The van der Waals surface area contributed by atoms with Crippen LogP contribution < -0.4 is 4.74 Å². The van der Waals surface area contributed by atoms with Gasteiger partial charge in [-0.25, -0.2) is 0 Å². The van der Waals surface area contributed by atoms with Crippen LogP contribution in [0.5, 0.6) is 5.75 Å². The lowest BCUT2D eigenvalue weighted by atomic mass is 10.2. The quantitative estimate of drug-likeness (QED) is 0.706. The van der Waals surface area contributed by atoms with Gasteiger partial charge in [-0.1, -0.05) is 6.92 Å². The van der Waals surface area contributed by atoms with Crippen LogP contribution in [0.2, 0.25) is 0 Å². The molecule has 0 aliphatic rings. The maximum absolute atomic E-state index is 5.18. The molecule has 0 atom stereocenters. The Hall–Kier alpha value is 0.480. The summed E-state index contributed by atoms with van der Waals surface area (Å²) in [5.74, 6) is 0.955. The Balaban J connectivity index is 3.19. The van der Waals surface area contributed by atoms with Crippen molar-refractivity contribution in [1.82, 2.24) is 0 Å². The molecule has 0 bridgehead atoms. The van der Waals surface area contributed by atoms with Crippen molar-refractivity contribution in [2.24, 2.45) is 0 Å². The number of hydrogen-bond donors (Lipinski definition) is 0. The lowest BCUT2D eigenvalue weighted by Gasteiger charge is -2.07. The Labute approximate surface area is 100 Å². The molecule has 0 radical (unpaired) electrons. The predicted octanol–water partition coefficient (Wildman–Crippen LogP) is 3.47. The van der Waals surface area contributed by atoms with E-state index in [0.717, 1.165) is 12.2 Å². The zero-order valence-electron chi connectivity index (χ0n) is 7.03. The van der Waals surface area contributed by atoms with Gasteiger partial charge in [-0.05, 0) is 69.3 Å². The molecule has 1 aromatic carbocycles. The molecule has 1 aromatic rings. The molecule has 0 aliphatic heterocycles. The molecule has 0 heterocycles. The number of aryl methyl sites for hydroxylation is 1. The van der Waals surface area contributed by atoms with E-state index in [2.05, 4.69) is 64.2 Å². The van der Waals surface area contributed by atoms with Crippen molar-refractivity contribution in [1.29, 1.82) is 0 Å². The summed E-state index contributed by atoms with van der Waals surface area (Å²) < 4.78 is 7.80. The Bertz CT molecular complexity index is 284. The summed E-state index contributed by atoms with van der Waals surface area (Å²) in [4.78, 5) is 0. The van der Waals surface area contributed by atoms with Crippen LogP contribution in [0.4, 0.5) is 0 Å². The van der Waals surface area contributed by atoms with Crippen molar-refractivity contribution >= 4 is 45.2 Å². The summed E-state index contributed by atoms with van der Waals surface area (Å²) in [6.07, 6.45) is 1.06. The van der Waals surface area contributed by atoms with Crippen LogP contribution in [0.3, 0.4) is 0 Å². The number of methoxy groups -OCH3 is 1. The minimum Gasteiger partial charge on any atom is -0.497 e. The number of rotatable bonds is 2. The second kappa shape index (κ2) is 4.64. The third-order valence-corrected chi connectivity index (χ3v) is 4.85. The fourth-order valence-corrected chi connectivity index (χ4v) is 2.34. The molecule has 0 fully saturated rings. The first-order valence-corrected chi connectivity index (χ1v) is 5.86. The molecule has 0 amide bonds. The number of ether oxygens (including phenoxy) is 1. The van der Waals surface area contributed by atoms with Gasteiger partial charge in [-0.2, -0.15) is 0 Å². The number of hydrogen-bond acceptors (Lipinski definition) is 1. The monoisotopic (exact) mass is 388 g/mol. The Morgan fingerprint density at radius 1 is 1.33 bits per heavy atom. The molecule has 66 valence electrons. The molecular weight excluding hydrogens is 378 g/mol. The number of benzene rings is 1. The third-order valence-electron chi connectivity index (χ3n) is 1.69. The van der Waals surface area contributed by atoms with Crippen molar-refractivity contribution in [2.75, 3.05) is 7.11 Å². The maximum atomic E-state index is 5.18. The van der Waals surface area contributed by atoms with E-state index < -0.39 is 0 Å². The van der Waals surface area contributed by atoms with Gasteiger partial charge in [-0.3, -0.25) is 0 Å². The minimum atomic E-state index is 0.955. The average molecular weight is 388 g/mol. The van der Waals surface area contributed by atoms with Crippen molar-refractivity contribution in [2.45, 2.75) is 13.3 Å². The average Bonchev–Trinajstić information content (AvgIpc) is 2.09. The van der Waals surface area contributed by atoms with Crippen LogP contribution in [0.25, 0.3) is 0 Å². The van der Waals surface area contributed by atoms with E-state index in [0.29, 0.717) is 0 Å². The largest absolute Gasteiger partial charge is 0.497 e. The fraction of sp³-hybridized carbons (Fsp3) is 0.333. The van der Waals surface area contributed by atoms with Crippen LogP contribution in [0.15, 0.2) is 12.1 Å². The lowest BCUT2D eigenvalue weighted by molar-refractivity contribution is 0.414. The SMILES string of the molecule is CCc1cc(OC)cc(I)c1I. The molecular formula is C9H10I2O. The first-order chi connectivity index (χ1) is 5.69. The Kier molecular flexibility index (Phi) is 4.09. The molecule has 12 heavy (non-hydrogen) atoms. The molecule has 1 rings (SSSR count). The first-order valence-electron chi connectivity index (χ1n) is 3.71. The Morgan fingerprint density at radius 3 is 2.50 bits per heavy atom. The van der Waals surface area contributed by atoms with Gasteiger partial charge in [0.15, 0.2) is 0 Å². The molecule has 1 nitrogen and oxygen atoms in total. The van der Waals surface area contributed by atoms with Gasteiger partial charge in [0.25, 0.3) is 0 Å². The van der Waals surface area contributed by atoms with Gasteiger partial charge in [0.2, 0.25) is 0 Å². The summed E-state index contributed by atoms with van der Waals surface area (Å²) in [5.41, 5.74) is 1.36. The van der Waals surface area contributed by atoms with Crippen molar-refractivity contribution in [3.8, 4) is 5.75 Å². The maximum Gasteiger partial charge on any atom is 0.120 e. The highest BCUT2D eigenvalue weighted by Gasteiger charge is 2.04. The summed E-state index contributed by atoms with van der Waals surface area (Å²) in [6.45, 7) is 2.16. The van der Waals surface area contributed by atoms with Gasteiger partial charge in [-0.15, -0.1) is 0 Å². The van der Waals surface area contributed by atoms with E-state index in [-0.39, 0.29) is 0 Å². The third kappa shape index (κ3) is 2.25. The highest BCUT2D eigenvalue weighted by atomic mass is 127. The normalized spacial score (nSPS) is 10.0. The molecule has 0 aromatic heterocycles. The standard InChI is InChI=1S/C9H10I2O/c1-3-6-4-7(12-2)5-8(10)9(6)11/h4-5H,3H2,1-2H3. The van der Waals surface area contributed by atoms with Gasteiger partial charge in [0, 0.05) is 7.14 Å². The van der Waals surface area contributed by atoms with Crippen LogP contribution >= 0.6 is 45.2 Å². The van der Waals surface area contributed by atoms with E-state index in [9.17, 15) is 0 Å². The molecule has 0 aliphatic carbocycles. The summed E-state index contributed by atoms with van der Waals surface area (Å²) in [7, 11) is 1.71. The zero-order chi connectivity index (χ0) is 9.14. The van der Waals surface area contributed by atoms with Gasteiger partial charge in [0.1, 0.15) is 5.75 Å². The lowest BCUT2D eigenvalue weighted by Crippen LogP contribution is -1.92. The topological polar surface area (TPSA) is 9.23 Å². The zero-order valence-corrected chi connectivity index (χ0v) is 11.3. The van der Waals surface area contributed by atoms with Crippen molar-refractivity contribution in [3.63, 3.8) is 0 Å². The molecule has 0 spiro atoms. The molecule has 0 saturated heterocycles. The second-order valence-electron chi connectivity index (χ2n) is 2.44. The highest BCUT2D eigenvalue weighted by Crippen LogP contribution is 2.25. The molecule has 0 unspecified atom stereocenters. The van der Waals surface area contributed by atoms with Crippen LogP contribution in [0.1, 0.15) is 12.5 Å². The van der Waals surface area contributed by atoms with Crippen molar-refractivity contribution < 1.29 is 4.74 Å². The molecule has 0 saturated carbocycles. The summed E-state index contributed by atoms with van der Waals surface area (Å²) in [6, 6.07) is 4.16. The van der Waals surface area contributed by atoms with E-state index in [1.54, 1.807) is 7.11 Å². The minimum absolute atomic E-state index is 0.955. The van der Waals surface area contributed by atoms with E-state index in [1.165, 1.54) is 12.7 Å². The highest BCUT2D eigenvalue weighted by molar-refractivity contribution is 14.1. The van der Waals surface area contributed by atoms with Crippen LogP contribution in [-0.2, 0) is 6.42 Å². The fourth-order valence-electron chi connectivity index (χ4n) is 0.994. The summed E-state index contributed by atoms with van der Waals surface area (Å²) in [5, 5.41) is 0. The van der Waals surface area contributed by atoms with Gasteiger partial charge >= 0.3 is 0 Å². The van der Waals surface area contributed by atoms with E-state index in [1.807, 2.05) is 0 Å². The van der Waals surface area contributed by atoms with Crippen molar-refractivity contribution in [3.05, 3.63) is 24.8 Å². The van der Waals surface area contributed by atoms with E-state index >= 15 is 0 Å². The van der Waals surface area contributed by atoms with E-state index in [4.69, 9.17) is 4.74 Å².